The van der Waals surface area contributed by atoms with Gasteiger partial charge >= 0.3 is 11.8 Å². The number of ether oxygens (including phenoxy) is 3. The van der Waals surface area contributed by atoms with Gasteiger partial charge in [-0.3, -0.25) is 19.8 Å². The van der Waals surface area contributed by atoms with Gasteiger partial charge in [0.25, 0.3) is 5.91 Å². The number of anilines is 2. The molecule has 5 rings (SSSR count). The summed E-state index contributed by atoms with van der Waals surface area (Å²) in [4.78, 5) is 38.7. The lowest BCUT2D eigenvalue weighted by molar-refractivity contribution is -0.133. The molecule has 0 fully saturated rings. The summed E-state index contributed by atoms with van der Waals surface area (Å²) >= 11 is 6.02. The molecule has 182 valence electrons. The van der Waals surface area contributed by atoms with E-state index in [1.165, 1.54) is 11.8 Å². The molecular formula is C25H19ClN4O6. The van der Waals surface area contributed by atoms with Crippen molar-refractivity contribution in [3.8, 4) is 17.2 Å². The van der Waals surface area contributed by atoms with Crippen molar-refractivity contribution in [1.29, 1.82) is 0 Å². The summed E-state index contributed by atoms with van der Waals surface area (Å²) in [5.74, 6) is -1.11. The first-order chi connectivity index (χ1) is 17.4. The topological polar surface area (TPSA) is 120 Å². The number of fused-ring (bicyclic) bond motifs is 2. The molecule has 0 atom stereocenters. The zero-order valence-corrected chi connectivity index (χ0v) is 19.6. The number of para-hydroxylation sites is 1. The van der Waals surface area contributed by atoms with Crippen LogP contribution in [0.1, 0.15) is 10.5 Å². The van der Waals surface area contributed by atoms with Crippen LogP contribution in [0.3, 0.4) is 0 Å². The number of rotatable bonds is 5. The molecule has 0 aliphatic carbocycles. The van der Waals surface area contributed by atoms with Gasteiger partial charge < -0.3 is 24.8 Å². The predicted octanol–water partition coefficient (Wildman–Crippen LogP) is 3.99. The number of aromatic nitrogens is 1. The molecule has 1 aliphatic heterocycles. The van der Waals surface area contributed by atoms with Crippen LogP contribution < -0.4 is 30.3 Å². The maximum Gasteiger partial charge on any atom is 0.328 e. The molecule has 0 saturated heterocycles. The molecule has 1 aromatic heterocycles. The second-order valence-electron chi connectivity index (χ2n) is 7.69. The fourth-order valence-electron chi connectivity index (χ4n) is 3.75. The Morgan fingerprint density at radius 3 is 2.47 bits per heavy atom. The molecule has 3 amide bonds. The van der Waals surface area contributed by atoms with E-state index in [9.17, 15) is 14.4 Å². The maximum absolute atomic E-state index is 13.2. The Morgan fingerprint density at radius 1 is 0.889 bits per heavy atom. The molecule has 3 N–H and O–H groups in total. The highest BCUT2D eigenvalue weighted by Crippen LogP contribution is 2.34. The first kappa shape index (κ1) is 23.1. The van der Waals surface area contributed by atoms with Gasteiger partial charge in [-0.1, -0.05) is 29.8 Å². The van der Waals surface area contributed by atoms with Crippen LogP contribution in [0.2, 0.25) is 5.02 Å². The molecule has 2 heterocycles. The van der Waals surface area contributed by atoms with E-state index in [2.05, 4.69) is 16.1 Å². The third-order valence-electron chi connectivity index (χ3n) is 5.37. The van der Waals surface area contributed by atoms with Crippen LogP contribution in [0.15, 0.2) is 66.7 Å². The number of nitrogens with one attached hydrogen (secondary N) is 3. The lowest BCUT2D eigenvalue weighted by Crippen LogP contribution is -2.36. The number of benzene rings is 3. The van der Waals surface area contributed by atoms with Gasteiger partial charge in [0.2, 0.25) is 6.79 Å². The van der Waals surface area contributed by atoms with Crippen molar-refractivity contribution < 1.29 is 28.6 Å². The molecule has 0 saturated carbocycles. The van der Waals surface area contributed by atoms with Gasteiger partial charge in [0.15, 0.2) is 11.5 Å². The van der Waals surface area contributed by atoms with Crippen LogP contribution in [0, 0.1) is 0 Å². The average molecular weight is 507 g/mol. The minimum absolute atomic E-state index is 0.0682. The summed E-state index contributed by atoms with van der Waals surface area (Å²) < 4.78 is 17.2. The highest BCUT2D eigenvalue weighted by molar-refractivity contribution is 6.42. The summed E-state index contributed by atoms with van der Waals surface area (Å²) in [7, 11) is 1.46. The van der Waals surface area contributed by atoms with Gasteiger partial charge in [0, 0.05) is 27.8 Å². The van der Waals surface area contributed by atoms with Crippen LogP contribution in [0.4, 0.5) is 11.4 Å². The van der Waals surface area contributed by atoms with Gasteiger partial charge in [-0.15, -0.1) is 0 Å². The van der Waals surface area contributed by atoms with E-state index >= 15 is 0 Å². The molecular weight excluding hydrogens is 488 g/mol. The minimum Gasteiger partial charge on any atom is -0.494 e. The van der Waals surface area contributed by atoms with Gasteiger partial charge in [-0.2, -0.15) is 0 Å². The molecule has 36 heavy (non-hydrogen) atoms. The quantitative estimate of drug-likeness (QED) is 0.352. The number of halogens is 1. The first-order valence-electron chi connectivity index (χ1n) is 10.7. The van der Waals surface area contributed by atoms with Crippen molar-refractivity contribution in [2.24, 2.45) is 0 Å². The Morgan fingerprint density at radius 2 is 1.67 bits per heavy atom. The summed E-state index contributed by atoms with van der Waals surface area (Å²) in [6, 6.07) is 18.1. The number of carbonyl (C=O) groups is 3. The maximum atomic E-state index is 13.2. The second-order valence-corrected chi connectivity index (χ2v) is 8.13. The predicted molar refractivity (Wildman–Crippen MR) is 133 cm³/mol. The van der Waals surface area contributed by atoms with Gasteiger partial charge in [0.05, 0.1) is 7.11 Å². The fourth-order valence-corrected chi connectivity index (χ4v) is 3.94. The lowest BCUT2D eigenvalue weighted by Gasteiger charge is -2.14. The van der Waals surface area contributed by atoms with Crippen LogP contribution in [0.5, 0.6) is 17.2 Å². The monoisotopic (exact) mass is 506 g/mol. The van der Waals surface area contributed by atoms with E-state index in [-0.39, 0.29) is 12.5 Å². The second kappa shape index (κ2) is 9.51. The van der Waals surface area contributed by atoms with Crippen molar-refractivity contribution in [3.63, 3.8) is 0 Å². The summed E-state index contributed by atoms with van der Waals surface area (Å²) in [6.07, 6.45) is 0. The van der Waals surface area contributed by atoms with Crippen molar-refractivity contribution >= 4 is 51.6 Å². The Balaban J connectivity index is 1.44. The van der Waals surface area contributed by atoms with Crippen LogP contribution >= 0.6 is 11.6 Å². The number of carbonyl (C=O) groups excluding carboxylic acids is 3. The number of methoxy groups -OCH3 is 1. The molecule has 11 heteroatoms. The zero-order valence-electron chi connectivity index (χ0n) is 18.8. The Bertz CT molecular complexity index is 1520. The fraction of sp³-hybridized carbons (Fsp3) is 0.0800. The SMILES string of the molecule is COc1cccc2cc(C(=O)Nc3cccc(Cl)c3)n(NC(=O)C(=O)Nc3ccc4c(c3)OCO4)c12. The first-order valence-corrected chi connectivity index (χ1v) is 11.1. The molecule has 4 aromatic rings. The largest absolute Gasteiger partial charge is 0.494 e. The molecule has 0 unspecified atom stereocenters. The lowest BCUT2D eigenvalue weighted by atomic mass is 10.2. The third-order valence-corrected chi connectivity index (χ3v) is 5.61. The zero-order chi connectivity index (χ0) is 25.2. The molecule has 0 bridgehead atoms. The van der Waals surface area contributed by atoms with Gasteiger partial charge in [0.1, 0.15) is 17.0 Å². The standard InChI is InChI=1S/C25H19ClN4O6/c1-34-20-7-2-4-14-10-18(23(31)27-16-6-3-5-15(26)11-16)30(22(14)20)29-25(33)24(32)28-17-8-9-19-21(12-17)36-13-35-19/h2-12H,13H2,1H3,(H,27,31)(H,28,32)(H,29,33). The van der Waals surface area contributed by atoms with E-state index in [1.54, 1.807) is 66.7 Å². The van der Waals surface area contributed by atoms with Gasteiger partial charge in [-0.25, -0.2) is 4.68 Å². The minimum atomic E-state index is -1.01. The third kappa shape index (κ3) is 4.49. The van der Waals surface area contributed by atoms with Crippen molar-refractivity contribution in [3.05, 3.63) is 77.4 Å². The number of hydrogen-bond donors (Lipinski definition) is 3. The summed E-state index contributed by atoms with van der Waals surface area (Å²) in [5, 5.41) is 6.31. The summed E-state index contributed by atoms with van der Waals surface area (Å²) in [5.41, 5.74) is 3.78. The van der Waals surface area contributed by atoms with Gasteiger partial charge in [-0.05, 0) is 42.5 Å². The number of amides is 3. The molecule has 10 nitrogen and oxygen atoms in total. The van der Waals surface area contributed by atoms with E-state index in [0.29, 0.717) is 44.5 Å². The molecule has 0 spiro atoms. The Kier molecular flexibility index (Phi) is 6.09. The van der Waals surface area contributed by atoms with Crippen molar-refractivity contribution in [2.45, 2.75) is 0 Å². The van der Waals surface area contributed by atoms with E-state index in [1.807, 2.05) is 0 Å². The smallest absolute Gasteiger partial charge is 0.328 e. The number of hydrogen-bond acceptors (Lipinski definition) is 6. The highest BCUT2D eigenvalue weighted by atomic mass is 35.5. The van der Waals surface area contributed by atoms with E-state index in [4.69, 9.17) is 25.8 Å². The van der Waals surface area contributed by atoms with E-state index < -0.39 is 17.7 Å². The number of nitrogens with zero attached hydrogens (tertiary/aromatic N) is 1. The van der Waals surface area contributed by atoms with Crippen LogP contribution in [0.25, 0.3) is 10.9 Å². The normalized spacial score (nSPS) is 11.7. The molecule has 3 aromatic carbocycles. The summed E-state index contributed by atoms with van der Waals surface area (Å²) in [6.45, 7) is 0.0792. The van der Waals surface area contributed by atoms with Crippen LogP contribution in [-0.4, -0.2) is 36.3 Å². The Labute approximate surface area is 209 Å². The van der Waals surface area contributed by atoms with Crippen molar-refractivity contribution in [1.82, 2.24) is 4.68 Å². The highest BCUT2D eigenvalue weighted by Gasteiger charge is 2.23. The van der Waals surface area contributed by atoms with Crippen molar-refractivity contribution in [2.75, 3.05) is 30.0 Å². The molecule has 0 radical (unpaired) electrons. The Hall–Kier alpha value is -4.70. The van der Waals surface area contributed by atoms with E-state index in [0.717, 1.165) is 0 Å². The molecule has 1 aliphatic rings. The van der Waals surface area contributed by atoms with Crippen LogP contribution in [-0.2, 0) is 9.59 Å². The average Bonchev–Trinajstić information content (AvgIpc) is 3.48.